The monoisotopic (exact) mass is 240 g/mol. The van der Waals surface area contributed by atoms with Gasteiger partial charge in [-0.25, -0.2) is 0 Å². The molecule has 92 valence electrons. The highest BCUT2D eigenvalue weighted by molar-refractivity contribution is 6.10. The zero-order chi connectivity index (χ0) is 12.4. The molecule has 1 aromatic carbocycles. The van der Waals surface area contributed by atoms with E-state index in [2.05, 4.69) is 10.3 Å². The van der Waals surface area contributed by atoms with Gasteiger partial charge in [-0.3, -0.25) is 9.78 Å². The van der Waals surface area contributed by atoms with E-state index in [1.54, 1.807) is 12.4 Å². The second-order valence-electron chi connectivity index (χ2n) is 4.77. The molecular formula is C15H16N2O. The number of nitrogens with one attached hydrogen (secondary N) is 1. The summed E-state index contributed by atoms with van der Waals surface area (Å²) in [6.07, 6.45) is 6.78. The summed E-state index contributed by atoms with van der Waals surface area (Å²) < 4.78 is 0. The lowest BCUT2D eigenvalue weighted by atomic mass is 9.94. The summed E-state index contributed by atoms with van der Waals surface area (Å²) >= 11 is 0. The van der Waals surface area contributed by atoms with Gasteiger partial charge in [0, 0.05) is 23.3 Å². The molecule has 1 fully saturated rings. The van der Waals surface area contributed by atoms with Crippen molar-refractivity contribution in [1.82, 2.24) is 10.3 Å². The Kier molecular flexibility index (Phi) is 3.07. The number of nitrogens with zero attached hydrogens (tertiary/aromatic N) is 1. The highest BCUT2D eigenvalue weighted by Gasteiger charge is 2.22. The Labute approximate surface area is 106 Å². The molecule has 1 N–H and O–H groups in total. The molecule has 0 bridgehead atoms. The standard InChI is InChI=1S/C15H16N2O/c18-15(14-6-1-2-8-17-14)12-5-3-4-11-7-9-16-10-13(11)12/h3-5,7,9-10,14,17H,1-2,6,8H2. The maximum atomic E-state index is 12.5. The predicted molar refractivity (Wildman–Crippen MR) is 71.7 cm³/mol. The van der Waals surface area contributed by atoms with Crippen LogP contribution in [0.5, 0.6) is 0 Å². The number of carbonyl (C=O) groups excluding carboxylic acids is 1. The molecule has 0 amide bonds. The number of piperidine rings is 1. The number of rotatable bonds is 2. The molecule has 1 aliphatic rings. The van der Waals surface area contributed by atoms with Crippen molar-refractivity contribution in [3.63, 3.8) is 0 Å². The fourth-order valence-electron chi connectivity index (χ4n) is 2.59. The lowest BCUT2D eigenvalue weighted by molar-refractivity contribution is 0.0929. The average molecular weight is 240 g/mol. The van der Waals surface area contributed by atoms with Gasteiger partial charge in [0.25, 0.3) is 0 Å². The Hall–Kier alpha value is -1.74. The molecule has 1 atom stereocenters. The van der Waals surface area contributed by atoms with E-state index < -0.39 is 0 Å². The van der Waals surface area contributed by atoms with E-state index in [1.807, 2.05) is 24.3 Å². The number of pyridine rings is 1. The Morgan fingerprint density at radius 2 is 2.22 bits per heavy atom. The van der Waals surface area contributed by atoms with Crippen molar-refractivity contribution in [1.29, 1.82) is 0 Å². The van der Waals surface area contributed by atoms with Crippen molar-refractivity contribution >= 4 is 16.6 Å². The average Bonchev–Trinajstić information content (AvgIpc) is 2.47. The second-order valence-corrected chi connectivity index (χ2v) is 4.77. The third-order valence-corrected chi connectivity index (χ3v) is 3.58. The molecule has 0 radical (unpaired) electrons. The Morgan fingerprint density at radius 1 is 1.28 bits per heavy atom. The van der Waals surface area contributed by atoms with Crippen molar-refractivity contribution in [2.45, 2.75) is 25.3 Å². The molecule has 3 nitrogen and oxygen atoms in total. The summed E-state index contributed by atoms with van der Waals surface area (Å²) in [6.45, 7) is 0.944. The van der Waals surface area contributed by atoms with Gasteiger partial charge in [0.05, 0.1) is 6.04 Å². The molecule has 1 saturated heterocycles. The number of carbonyl (C=O) groups is 1. The number of fused-ring (bicyclic) bond motifs is 1. The van der Waals surface area contributed by atoms with Crippen LogP contribution in [0.25, 0.3) is 10.8 Å². The first-order valence-electron chi connectivity index (χ1n) is 6.46. The number of Topliss-reactive ketones (excluding diaryl/α,β-unsaturated/α-hetero) is 1. The third-order valence-electron chi connectivity index (χ3n) is 3.58. The van der Waals surface area contributed by atoms with Gasteiger partial charge in [0.2, 0.25) is 0 Å². The zero-order valence-corrected chi connectivity index (χ0v) is 10.2. The van der Waals surface area contributed by atoms with Crippen LogP contribution in [0.3, 0.4) is 0 Å². The van der Waals surface area contributed by atoms with Gasteiger partial charge in [-0.1, -0.05) is 24.6 Å². The van der Waals surface area contributed by atoms with Crippen LogP contribution in [-0.2, 0) is 0 Å². The molecule has 2 heterocycles. The van der Waals surface area contributed by atoms with Gasteiger partial charge >= 0.3 is 0 Å². The van der Waals surface area contributed by atoms with Gasteiger partial charge < -0.3 is 5.32 Å². The molecule has 0 saturated carbocycles. The van der Waals surface area contributed by atoms with Gasteiger partial charge in [-0.05, 0) is 30.8 Å². The molecule has 2 aromatic rings. The Morgan fingerprint density at radius 3 is 3.06 bits per heavy atom. The first-order valence-corrected chi connectivity index (χ1v) is 6.46. The number of benzene rings is 1. The fraction of sp³-hybridized carbons (Fsp3) is 0.333. The minimum Gasteiger partial charge on any atom is -0.307 e. The van der Waals surface area contributed by atoms with E-state index in [0.717, 1.165) is 35.7 Å². The number of hydrogen-bond acceptors (Lipinski definition) is 3. The topological polar surface area (TPSA) is 42.0 Å². The molecule has 18 heavy (non-hydrogen) atoms. The normalized spacial score (nSPS) is 19.9. The maximum Gasteiger partial charge on any atom is 0.180 e. The smallest absolute Gasteiger partial charge is 0.180 e. The van der Waals surface area contributed by atoms with Crippen LogP contribution >= 0.6 is 0 Å². The van der Waals surface area contributed by atoms with E-state index in [-0.39, 0.29) is 11.8 Å². The number of ketones is 1. The van der Waals surface area contributed by atoms with E-state index >= 15 is 0 Å². The van der Waals surface area contributed by atoms with Gasteiger partial charge in [-0.15, -0.1) is 0 Å². The predicted octanol–water partition coefficient (Wildman–Crippen LogP) is 2.56. The van der Waals surface area contributed by atoms with E-state index in [4.69, 9.17) is 0 Å². The van der Waals surface area contributed by atoms with Crippen LogP contribution in [0.4, 0.5) is 0 Å². The van der Waals surface area contributed by atoms with Crippen LogP contribution in [0.1, 0.15) is 29.6 Å². The van der Waals surface area contributed by atoms with E-state index in [9.17, 15) is 4.79 Å². The minimum absolute atomic E-state index is 0.0236. The van der Waals surface area contributed by atoms with Crippen molar-refractivity contribution in [3.8, 4) is 0 Å². The minimum atomic E-state index is -0.0236. The largest absolute Gasteiger partial charge is 0.307 e. The molecule has 1 aliphatic heterocycles. The Balaban J connectivity index is 2.00. The second kappa shape index (κ2) is 4.86. The summed E-state index contributed by atoms with van der Waals surface area (Å²) in [7, 11) is 0. The first-order chi connectivity index (χ1) is 8.86. The lowest BCUT2D eigenvalue weighted by Gasteiger charge is -2.22. The van der Waals surface area contributed by atoms with Crippen LogP contribution in [0, 0.1) is 0 Å². The van der Waals surface area contributed by atoms with E-state index in [0.29, 0.717) is 0 Å². The van der Waals surface area contributed by atoms with E-state index in [1.165, 1.54) is 6.42 Å². The van der Waals surface area contributed by atoms with Crippen LogP contribution in [0.2, 0.25) is 0 Å². The van der Waals surface area contributed by atoms with Crippen molar-refractivity contribution in [2.24, 2.45) is 0 Å². The number of aromatic nitrogens is 1. The van der Waals surface area contributed by atoms with Gasteiger partial charge in [0.1, 0.15) is 0 Å². The summed E-state index contributed by atoms with van der Waals surface area (Å²) in [5.41, 5.74) is 0.792. The summed E-state index contributed by atoms with van der Waals surface area (Å²) in [5.74, 6) is 0.202. The fourth-order valence-corrected chi connectivity index (χ4v) is 2.59. The van der Waals surface area contributed by atoms with Gasteiger partial charge in [0.15, 0.2) is 5.78 Å². The highest BCUT2D eigenvalue weighted by Crippen LogP contribution is 2.21. The first kappa shape index (κ1) is 11.4. The van der Waals surface area contributed by atoms with Crippen LogP contribution in [-0.4, -0.2) is 23.4 Å². The third kappa shape index (κ3) is 2.02. The van der Waals surface area contributed by atoms with Gasteiger partial charge in [-0.2, -0.15) is 0 Å². The maximum absolute atomic E-state index is 12.5. The molecule has 1 unspecified atom stereocenters. The molecular weight excluding hydrogens is 224 g/mol. The molecule has 0 aliphatic carbocycles. The zero-order valence-electron chi connectivity index (χ0n) is 10.2. The van der Waals surface area contributed by atoms with Crippen molar-refractivity contribution in [3.05, 3.63) is 42.2 Å². The van der Waals surface area contributed by atoms with Crippen molar-refractivity contribution < 1.29 is 4.79 Å². The number of hydrogen-bond donors (Lipinski definition) is 1. The summed E-state index contributed by atoms with van der Waals surface area (Å²) in [4.78, 5) is 16.7. The Bertz CT molecular complexity index is 568. The lowest BCUT2D eigenvalue weighted by Crippen LogP contribution is -2.40. The molecule has 3 heteroatoms. The van der Waals surface area contributed by atoms with Crippen molar-refractivity contribution in [2.75, 3.05) is 6.54 Å². The molecule has 3 rings (SSSR count). The van der Waals surface area contributed by atoms with Crippen LogP contribution < -0.4 is 5.32 Å². The quantitative estimate of drug-likeness (QED) is 0.820. The highest BCUT2D eigenvalue weighted by atomic mass is 16.1. The molecule has 0 spiro atoms. The molecule has 1 aromatic heterocycles. The summed E-state index contributed by atoms with van der Waals surface area (Å²) in [6, 6.07) is 7.79. The van der Waals surface area contributed by atoms with Crippen LogP contribution in [0.15, 0.2) is 36.7 Å². The summed E-state index contributed by atoms with van der Waals surface area (Å²) in [5, 5.41) is 5.34. The SMILES string of the molecule is O=C(c1cccc2ccncc12)C1CCCCN1.